The summed E-state index contributed by atoms with van der Waals surface area (Å²) in [5.74, 6) is 1.05. The Labute approximate surface area is 240 Å². The van der Waals surface area contributed by atoms with Crippen LogP contribution in [0, 0.1) is 0 Å². The molecule has 0 aliphatic carbocycles. The lowest BCUT2D eigenvalue weighted by Crippen LogP contribution is -2.45. The first-order chi connectivity index (χ1) is 19.0. The highest BCUT2D eigenvalue weighted by Gasteiger charge is 2.35. The number of hydrogen-bond donors (Lipinski definition) is 1. The highest BCUT2D eigenvalue weighted by molar-refractivity contribution is 6.90. The number of anilines is 1. The second-order valence-corrected chi connectivity index (χ2v) is 16.5. The van der Waals surface area contributed by atoms with Crippen molar-refractivity contribution in [2.75, 3.05) is 5.32 Å². The number of hydrogen-bond acceptors (Lipinski definition) is 3. The smallest absolute Gasteiger partial charge is 0.412 e. The maximum absolute atomic E-state index is 13.0. The number of rotatable bonds is 21. The summed E-state index contributed by atoms with van der Waals surface area (Å²) in [7, 11) is -1.68. The summed E-state index contributed by atoms with van der Waals surface area (Å²) >= 11 is 0. The molecule has 0 bridgehead atoms. The van der Waals surface area contributed by atoms with Gasteiger partial charge in [-0.2, -0.15) is 0 Å². The Balaban J connectivity index is 2.14. The van der Waals surface area contributed by atoms with Crippen molar-refractivity contribution in [3.05, 3.63) is 47.7 Å². The van der Waals surface area contributed by atoms with Crippen LogP contribution in [0.15, 0.2) is 40.8 Å². The second kappa shape index (κ2) is 19.1. The van der Waals surface area contributed by atoms with Crippen LogP contribution in [0.1, 0.15) is 136 Å². The lowest BCUT2D eigenvalue weighted by molar-refractivity contribution is 0.102. The van der Waals surface area contributed by atoms with Gasteiger partial charge < -0.3 is 9.15 Å². The Morgan fingerprint density at radius 1 is 0.795 bits per heavy atom. The van der Waals surface area contributed by atoms with Gasteiger partial charge in [-0.15, -0.1) is 0 Å². The van der Waals surface area contributed by atoms with E-state index in [1.807, 2.05) is 30.3 Å². The molecule has 0 spiro atoms. The third-order valence-electron chi connectivity index (χ3n) is 8.59. The second-order valence-electron chi connectivity index (χ2n) is 11.3. The van der Waals surface area contributed by atoms with Crippen molar-refractivity contribution >= 4 is 25.2 Å². The fourth-order valence-corrected chi connectivity index (χ4v) is 9.02. The molecule has 1 aromatic carbocycles. The van der Waals surface area contributed by atoms with Crippen molar-refractivity contribution in [2.24, 2.45) is 0 Å². The van der Waals surface area contributed by atoms with Crippen molar-refractivity contribution in [1.29, 1.82) is 0 Å². The molecule has 0 radical (unpaired) electrons. The van der Waals surface area contributed by atoms with E-state index in [1.165, 1.54) is 81.3 Å². The van der Waals surface area contributed by atoms with Gasteiger partial charge in [0.15, 0.2) is 0 Å². The third-order valence-corrected chi connectivity index (χ3v) is 13.9. The normalized spacial score (nSPS) is 12.4. The number of amides is 1. The van der Waals surface area contributed by atoms with Gasteiger partial charge in [0.05, 0.1) is 5.38 Å². The standard InChI is InChI=1S/C34H57NO3Si/c1-6-11-13-14-15-16-17-18-19-23-27-32(38-34(36)35-29-24-21-20-22-25-29)30-28-33(37-31(30)26-12-7-2)39(8-3,9-4)10-5/h20-22,24-25,28,32H,6-19,23,26-27H2,1-5H3,(H,35,36). The zero-order valence-electron chi connectivity index (χ0n) is 25.8. The van der Waals surface area contributed by atoms with Crippen LogP contribution in [0.5, 0.6) is 0 Å². The molecule has 4 nitrogen and oxygen atoms in total. The minimum atomic E-state index is -1.68. The number of unbranched alkanes of at least 4 members (excludes halogenated alkanes) is 10. The van der Waals surface area contributed by atoms with E-state index in [0.717, 1.165) is 49.1 Å². The lowest BCUT2D eigenvalue weighted by atomic mass is 10.00. The molecule has 2 aromatic rings. The van der Waals surface area contributed by atoms with Crippen molar-refractivity contribution < 1.29 is 13.9 Å². The van der Waals surface area contributed by atoms with Crippen LogP contribution in [0.3, 0.4) is 0 Å². The van der Waals surface area contributed by atoms with Gasteiger partial charge in [0.2, 0.25) is 0 Å². The van der Waals surface area contributed by atoms with E-state index in [9.17, 15) is 4.79 Å². The van der Waals surface area contributed by atoms with Crippen LogP contribution in [0.25, 0.3) is 0 Å². The van der Waals surface area contributed by atoms with Crippen LogP contribution in [-0.2, 0) is 11.2 Å². The van der Waals surface area contributed by atoms with E-state index in [4.69, 9.17) is 9.15 Å². The number of ether oxygens (including phenoxy) is 1. The number of furan rings is 1. The first-order valence-electron chi connectivity index (χ1n) is 16.2. The average Bonchev–Trinajstić information content (AvgIpc) is 3.38. The number of carbonyl (C=O) groups excluding carboxylic acids is 1. The average molecular weight is 556 g/mol. The molecule has 220 valence electrons. The molecule has 5 heteroatoms. The first kappa shape index (κ1) is 33.2. The van der Waals surface area contributed by atoms with Crippen molar-refractivity contribution in [3.8, 4) is 0 Å². The van der Waals surface area contributed by atoms with E-state index < -0.39 is 8.07 Å². The summed E-state index contributed by atoms with van der Waals surface area (Å²) < 4.78 is 12.9. The summed E-state index contributed by atoms with van der Waals surface area (Å²) in [6, 6.07) is 15.4. The molecular formula is C34H57NO3Si. The zero-order chi connectivity index (χ0) is 28.3. The zero-order valence-corrected chi connectivity index (χ0v) is 26.8. The van der Waals surface area contributed by atoms with E-state index in [1.54, 1.807) is 0 Å². The molecule has 0 saturated heterocycles. The minimum Gasteiger partial charge on any atom is -0.471 e. The fourth-order valence-electron chi connectivity index (χ4n) is 5.68. The molecule has 39 heavy (non-hydrogen) atoms. The van der Waals surface area contributed by atoms with Crippen LogP contribution in [0.2, 0.25) is 18.1 Å². The molecule has 1 heterocycles. The molecule has 0 aliphatic rings. The summed E-state index contributed by atoms with van der Waals surface area (Å²) in [6.07, 6.45) is 16.2. The highest BCUT2D eigenvalue weighted by Crippen LogP contribution is 2.32. The molecule has 2 rings (SSSR count). The minimum absolute atomic E-state index is 0.274. The number of nitrogens with one attached hydrogen (secondary N) is 1. The van der Waals surface area contributed by atoms with Gasteiger partial charge in [-0.1, -0.05) is 135 Å². The predicted molar refractivity (Wildman–Crippen MR) is 170 cm³/mol. The van der Waals surface area contributed by atoms with Gasteiger partial charge in [0.25, 0.3) is 0 Å². The van der Waals surface area contributed by atoms with E-state index in [-0.39, 0.29) is 12.2 Å². The van der Waals surface area contributed by atoms with E-state index in [0.29, 0.717) is 0 Å². The number of carbonyl (C=O) groups is 1. The Morgan fingerprint density at radius 2 is 1.36 bits per heavy atom. The maximum Gasteiger partial charge on any atom is 0.412 e. The fraction of sp³-hybridized carbons (Fsp3) is 0.676. The lowest BCUT2D eigenvalue weighted by Gasteiger charge is -2.25. The van der Waals surface area contributed by atoms with Crippen LogP contribution < -0.4 is 10.7 Å². The summed E-state index contributed by atoms with van der Waals surface area (Å²) in [5, 5.41) is 4.14. The van der Waals surface area contributed by atoms with E-state index in [2.05, 4.69) is 46.0 Å². The molecule has 0 aliphatic heterocycles. The topological polar surface area (TPSA) is 51.5 Å². The quantitative estimate of drug-likeness (QED) is 0.123. The molecule has 1 N–H and O–H groups in total. The number of benzene rings is 1. The van der Waals surface area contributed by atoms with Gasteiger partial charge in [-0.3, -0.25) is 5.32 Å². The number of para-hydroxylation sites is 1. The van der Waals surface area contributed by atoms with Crippen LogP contribution >= 0.6 is 0 Å². The molecule has 1 unspecified atom stereocenters. The number of aryl methyl sites for hydroxylation is 1. The molecule has 1 amide bonds. The Hall–Kier alpha value is -2.01. The highest BCUT2D eigenvalue weighted by atomic mass is 28.3. The van der Waals surface area contributed by atoms with Crippen LogP contribution in [0.4, 0.5) is 10.5 Å². The van der Waals surface area contributed by atoms with Gasteiger partial charge >= 0.3 is 6.09 Å². The van der Waals surface area contributed by atoms with Gasteiger partial charge in [-0.25, -0.2) is 4.79 Å². The Morgan fingerprint density at radius 3 is 1.92 bits per heavy atom. The van der Waals surface area contributed by atoms with Crippen molar-refractivity contribution in [2.45, 2.75) is 149 Å². The Kier molecular flexibility index (Phi) is 16.3. The largest absolute Gasteiger partial charge is 0.471 e. The van der Waals surface area contributed by atoms with Gasteiger partial charge in [0, 0.05) is 17.7 Å². The van der Waals surface area contributed by atoms with E-state index >= 15 is 0 Å². The predicted octanol–water partition coefficient (Wildman–Crippen LogP) is 10.9. The summed E-state index contributed by atoms with van der Waals surface area (Å²) in [6.45, 7) is 11.4. The maximum atomic E-state index is 13.0. The molecule has 0 saturated carbocycles. The monoisotopic (exact) mass is 555 g/mol. The molecule has 1 atom stereocenters. The third kappa shape index (κ3) is 11.2. The van der Waals surface area contributed by atoms with Crippen LogP contribution in [-0.4, -0.2) is 14.2 Å². The summed E-state index contributed by atoms with van der Waals surface area (Å²) in [4.78, 5) is 13.0. The molecule has 0 fully saturated rings. The van der Waals surface area contributed by atoms with Crippen molar-refractivity contribution in [3.63, 3.8) is 0 Å². The van der Waals surface area contributed by atoms with Crippen molar-refractivity contribution in [1.82, 2.24) is 0 Å². The van der Waals surface area contributed by atoms with Gasteiger partial charge in [-0.05, 0) is 37.5 Å². The molecular weight excluding hydrogens is 498 g/mol. The molecule has 1 aromatic heterocycles. The Bertz CT molecular complexity index is 898. The SMILES string of the molecule is CCCCCCCCCCCCC(OC(=O)Nc1ccccc1)c1cc([Si](CC)(CC)CC)oc1CCCC. The summed E-state index contributed by atoms with van der Waals surface area (Å²) in [5.41, 5.74) is 1.87. The first-order valence-corrected chi connectivity index (χ1v) is 18.8. The van der Waals surface area contributed by atoms with Gasteiger partial charge in [0.1, 0.15) is 19.9 Å².